The molecule has 0 saturated heterocycles. The topological polar surface area (TPSA) is 32.3 Å². The molecule has 0 atom stereocenters. The van der Waals surface area contributed by atoms with E-state index in [1.165, 1.54) is 6.07 Å². The summed E-state index contributed by atoms with van der Waals surface area (Å²) in [6.07, 6.45) is 0. The molecule has 0 spiro atoms. The SMILES string of the molecule is Oc1c(Cl)cc(Cl)cc1CNc1ccc(Cl)c(Cl)c1. The zero-order chi connectivity index (χ0) is 14.0. The van der Waals surface area contributed by atoms with Crippen molar-refractivity contribution in [3.63, 3.8) is 0 Å². The number of anilines is 1. The molecule has 2 aromatic carbocycles. The van der Waals surface area contributed by atoms with Crippen LogP contribution in [0, 0.1) is 0 Å². The Labute approximate surface area is 130 Å². The maximum absolute atomic E-state index is 9.82. The minimum absolute atomic E-state index is 0.0126. The highest BCUT2D eigenvalue weighted by Crippen LogP contribution is 2.32. The predicted octanol–water partition coefficient (Wildman–Crippen LogP) is 5.62. The Morgan fingerprint density at radius 3 is 2.32 bits per heavy atom. The van der Waals surface area contributed by atoms with Gasteiger partial charge in [-0.25, -0.2) is 0 Å². The average Bonchev–Trinajstić information content (AvgIpc) is 2.36. The molecule has 2 N–H and O–H groups in total. The van der Waals surface area contributed by atoms with E-state index in [9.17, 15) is 5.11 Å². The lowest BCUT2D eigenvalue weighted by atomic mass is 10.2. The minimum atomic E-state index is 0.0126. The summed E-state index contributed by atoms with van der Waals surface area (Å²) in [5.41, 5.74) is 1.38. The molecule has 2 aromatic rings. The van der Waals surface area contributed by atoms with Gasteiger partial charge in [0.1, 0.15) is 5.75 Å². The highest BCUT2D eigenvalue weighted by Gasteiger charge is 2.08. The number of hydrogen-bond donors (Lipinski definition) is 2. The zero-order valence-corrected chi connectivity index (χ0v) is 12.6. The van der Waals surface area contributed by atoms with Crippen LogP contribution in [-0.4, -0.2) is 5.11 Å². The number of hydrogen-bond acceptors (Lipinski definition) is 2. The summed E-state index contributed by atoms with van der Waals surface area (Å²) in [4.78, 5) is 0. The van der Waals surface area contributed by atoms with Crippen molar-refractivity contribution in [2.45, 2.75) is 6.54 Å². The molecule has 0 fully saturated rings. The first-order valence-corrected chi connectivity index (χ1v) is 6.84. The first-order chi connectivity index (χ1) is 8.97. The Kier molecular flexibility index (Phi) is 4.69. The molecular weight excluding hydrogens is 328 g/mol. The number of halogens is 4. The number of nitrogens with one attached hydrogen (secondary N) is 1. The van der Waals surface area contributed by atoms with Gasteiger partial charge in [0.15, 0.2) is 0 Å². The van der Waals surface area contributed by atoms with Crippen molar-refractivity contribution < 1.29 is 5.11 Å². The zero-order valence-electron chi connectivity index (χ0n) is 9.55. The van der Waals surface area contributed by atoms with Crippen LogP contribution in [0.1, 0.15) is 5.56 Å². The van der Waals surface area contributed by atoms with E-state index in [2.05, 4.69) is 5.32 Å². The van der Waals surface area contributed by atoms with Gasteiger partial charge in [0, 0.05) is 22.8 Å². The van der Waals surface area contributed by atoms with Crippen LogP contribution in [0.3, 0.4) is 0 Å². The van der Waals surface area contributed by atoms with Crippen LogP contribution in [-0.2, 0) is 6.54 Å². The molecular formula is C13H9Cl4NO. The Bertz CT molecular complexity index is 616. The second-order valence-corrected chi connectivity index (χ2v) is 5.54. The molecule has 0 radical (unpaired) electrons. The molecule has 2 nitrogen and oxygen atoms in total. The molecule has 0 aromatic heterocycles. The van der Waals surface area contributed by atoms with Crippen molar-refractivity contribution in [2.24, 2.45) is 0 Å². The third-order valence-electron chi connectivity index (χ3n) is 2.51. The molecule has 0 unspecified atom stereocenters. The lowest BCUT2D eigenvalue weighted by Crippen LogP contribution is -2.00. The van der Waals surface area contributed by atoms with E-state index in [1.807, 2.05) is 0 Å². The van der Waals surface area contributed by atoms with Crippen LogP contribution in [0.5, 0.6) is 5.75 Å². The molecule has 0 aliphatic heterocycles. The standard InChI is InChI=1S/C13H9Cl4NO/c14-8-3-7(13(19)12(17)4-8)6-18-9-1-2-10(15)11(16)5-9/h1-5,18-19H,6H2. The molecule has 0 saturated carbocycles. The molecule has 0 bridgehead atoms. The van der Waals surface area contributed by atoms with Crippen LogP contribution in [0.15, 0.2) is 30.3 Å². The largest absolute Gasteiger partial charge is 0.506 e. The van der Waals surface area contributed by atoms with E-state index < -0.39 is 0 Å². The second kappa shape index (κ2) is 6.10. The van der Waals surface area contributed by atoms with Crippen LogP contribution in [0.25, 0.3) is 0 Å². The fraction of sp³-hybridized carbons (Fsp3) is 0.0769. The molecule has 0 aliphatic carbocycles. The van der Waals surface area contributed by atoms with Gasteiger partial charge in [0.2, 0.25) is 0 Å². The number of phenols is 1. The van der Waals surface area contributed by atoms with Crippen molar-refractivity contribution >= 4 is 52.1 Å². The number of aromatic hydroxyl groups is 1. The first-order valence-electron chi connectivity index (χ1n) is 5.33. The molecule has 100 valence electrons. The molecule has 0 aliphatic rings. The van der Waals surface area contributed by atoms with Gasteiger partial charge in [-0.1, -0.05) is 46.4 Å². The smallest absolute Gasteiger partial charge is 0.139 e. The summed E-state index contributed by atoms with van der Waals surface area (Å²) < 4.78 is 0. The minimum Gasteiger partial charge on any atom is -0.506 e. The molecule has 19 heavy (non-hydrogen) atoms. The van der Waals surface area contributed by atoms with Gasteiger partial charge in [-0.2, -0.15) is 0 Å². The van der Waals surface area contributed by atoms with Crippen LogP contribution in [0.2, 0.25) is 20.1 Å². The highest BCUT2D eigenvalue weighted by atomic mass is 35.5. The van der Waals surface area contributed by atoms with E-state index >= 15 is 0 Å². The van der Waals surface area contributed by atoms with Crippen molar-refractivity contribution in [2.75, 3.05) is 5.32 Å². The second-order valence-electron chi connectivity index (χ2n) is 3.88. The average molecular weight is 337 g/mol. The van der Waals surface area contributed by atoms with E-state index in [1.54, 1.807) is 24.3 Å². The summed E-state index contributed by atoms with van der Waals surface area (Å²) in [7, 11) is 0. The van der Waals surface area contributed by atoms with Gasteiger partial charge < -0.3 is 10.4 Å². The summed E-state index contributed by atoms with van der Waals surface area (Å²) in [6.45, 7) is 0.365. The highest BCUT2D eigenvalue weighted by molar-refractivity contribution is 6.42. The van der Waals surface area contributed by atoms with E-state index in [-0.39, 0.29) is 10.8 Å². The molecule has 6 heteroatoms. The molecule has 0 heterocycles. The number of rotatable bonds is 3. The van der Waals surface area contributed by atoms with Crippen molar-refractivity contribution in [1.29, 1.82) is 0 Å². The Hall–Kier alpha value is -0.800. The maximum Gasteiger partial charge on any atom is 0.139 e. The van der Waals surface area contributed by atoms with Crippen LogP contribution in [0.4, 0.5) is 5.69 Å². The Morgan fingerprint density at radius 1 is 0.895 bits per heavy atom. The van der Waals surface area contributed by atoms with Gasteiger partial charge in [0.05, 0.1) is 15.1 Å². The third-order valence-corrected chi connectivity index (χ3v) is 3.76. The quantitative estimate of drug-likeness (QED) is 0.762. The third kappa shape index (κ3) is 3.61. The van der Waals surface area contributed by atoms with E-state index in [4.69, 9.17) is 46.4 Å². The fourth-order valence-electron chi connectivity index (χ4n) is 1.56. The Balaban J connectivity index is 2.16. The lowest BCUT2D eigenvalue weighted by Gasteiger charge is -2.10. The monoisotopic (exact) mass is 335 g/mol. The molecule has 0 amide bonds. The van der Waals surface area contributed by atoms with Crippen LogP contribution < -0.4 is 5.32 Å². The lowest BCUT2D eigenvalue weighted by molar-refractivity contribution is 0.469. The van der Waals surface area contributed by atoms with Gasteiger partial charge >= 0.3 is 0 Å². The summed E-state index contributed by atoms with van der Waals surface area (Å²) in [5, 5.41) is 14.6. The van der Waals surface area contributed by atoms with Gasteiger partial charge in [-0.05, 0) is 30.3 Å². The molecule has 2 rings (SSSR count). The fourth-order valence-corrected chi connectivity index (χ4v) is 2.39. The summed E-state index contributed by atoms with van der Waals surface area (Å²) in [5.74, 6) is 0.0126. The van der Waals surface area contributed by atoms with E-state index in [0.29, 0.717) is 27.2 Å². The van der Waals surface area contributed by atoms with Gasteiger partial charge in [-0.15, -0.1) is 0 Å². The maximum atomic E-state index is 9.82. The summed E-state index contributed by atoms with van der Waals surface area (Å²) >= 11 is 23.5. The van der Waals surface area contributed by atoms with Crippen molar-refractivity contribution in [3.05, 3.63) is 56.0 Å². The van der Waals surface area contributed by atoms with Gasteiger partial charge in [-0.3, -0.25) is 0 Å². The normalized spacial score (nSPS) is 10.5. The number of phenolic OH excluding ortho intramolecular Hbond substituents is 1. The van der Waals surface area contributed by atoms with Crippen LogP contribution >= 0.6 is 46.4 Å². The first kappa shape index (κ1) is 14.6. The van der Waals surface area contributed by atoms with Gasteiger partial charge in [0.25, 0.3) is 0 Å². The number of benzene rings is 2. The summed E-state index contributed by atoms with van der Waals surface area (Å²) in [6, 6.07) is 8.32. The van der Waals surface area contributed by atoms with Crippen molar-refractivity contribution in [1.82, 2.24) is 0 Å². The Morgan fingerprint density at radius 2 is 1.63 bits per heavy atom. The van der Waals surface area contributed by atoms with Crippen molar-refractivity contribution in [3.8, 4) is 5.75 Å². The predicted molar refractivity (Wildman–Crippen MR) is 81.9 cm³/mol. The van der Waals surface area contributed by atoms with E-state index in [0.717, 1.165) is 5.69 Å².